The van der Waals surface area contributed by atoms with Crippen LogP contribution in [0.4, 0.5) is 4.39 Å². The summed E-state index contributed by atoms with van der Waals surface area (Å²) in [5.74, 6) is -1.25. The van der Waals surface area contributed by atoms with Crippen LogP contribution < -0.4 is 5.32 Å². The van der Waals surface area contributed by atoms with Crippen LogP contribution in [0.1, 0.15) is 66.0 Å². The SMILES string of the molecule is CCCc1nc2c(C)cc(CNC(=O)[C@@H](S)CCC)cc2n1Cc1ccc(C(=O)O)c(F)c1. The van der Waals surface area contributed by atoms with Crippen LogP contribution in [0.5, 0.6) is 0 Å². The number of carboxylic acids is 1. The predicted octanol–water partition coefficient (Wildman–Crippen LogP) is 4.90. The number of imidazole rings is 1. The number of thiol groups is 1. The lowest BCUT2D eigenvalue weighted by Crippen LogP contribution is -2.30. The van der Waals surface area contributed by atoms with Gasteiger partial charge in [0.05, 0.1) is 21.8 Å². The number of fused-ring (bicyclic) bond motifs is 1. The molecule has 0 aliphatic rings. The zero-order valence-electron chi connectivity index (χ0n) is 19.2. The number of halogens is 1. The highest BCUT2D eigenvalue weighted by atomic mass is 32.1. The third-order valence-corrected chi connectivity index (χ3v) is 6.09. The molecule has 2 aromatic carbocycles. The lowest BCUT2D eigenvalue weighted by atomic mass is 10.1. The highest BCUT2D eigenvalue weighted by Crippen LogP contribution is 2.25. The van der Waals surface area contributed by atoms with Gasteiger partial charge in [0.25, 0.3) is 0 Å². The van der Waals surface area contributed by atoms with Crippen LogP contribution in [0.3, 0.4) is 0 Å². The Hall–Kier alpha value is -2.87. The quantitative estimate of drug-likeness (QED) is 0.367. The number of rotatable bonds is 10. The van der Waals surface area contributed by atoms with Gasteiger partial charge in [-0.2, -0.15) is 12.6 Å². The van der Waals surface area contributed by atoms with E-state index >= 15 is 0 Å². The number of aromatic carboxylic acids is 1. The number of aryl methyl sites for hydroxylation is 2. The fourth-order valence-electron chi connectivity index (χ4n) is 3.93. The lowest BCUT2D eigenvalue weighted by Gasteiger charge is -2.13. The van der Waals surface area contributed by atoms with Crippen LogP contribution in [0, 0.1) is 12.7 Å². The van der Waals surface area contributed by atoms with E-state index in [0.29, 0.717) is 18.7 Å². The molecule has 176 valence electrons. The molecule has 1 atom stereocenters. The van der Waals surface area contributed by atoms with Gasteiger partial charge < -0.3 is 15.0 Å². The van der Waals surface area contributed by atoms with Crippen LogP contribution in [-0.4, -0.2) is 31.8 Å². The molecule has 0 bridgehead atoms. The largest absolute Gasteiger partial charge is 0.478 e. The topological polar surface area (TPSA) is 84.2 Å². The number of carboxylic acid groups (broad SMARTS) is 1. The van der Waals surface area contributed by atoms with Crippen molar-refractivity contribution in [3.63, 3.8) is 0 Å². The third kappa shape index (κ3) is 5.74. The fourth-order valence-corrected chi connectivity index (χ4v) is 4.28. The standard InChI is InChI=1S/C25H30FN3O3S/c1-4-6-21(33)24(30)27-13-17-10-15(3)23-20(12-17)29(22(28-23)7-5-2)14-16-8-9-18(25(31)32)19(26)11-16/h8-12,21,33H,4-7,13-14H2,1-3H3,(H,27,30)(H,31,32)/t21-/m0/s1. The van der Waals surface area contributed by atoms with Gasteiger partial charge in [0, 0.05) is 19.5 Å². The monoisotopic (exact) mass is 471 g/mol. The molecular formula is C25H30FN3O3S. The number of carbonyl (C=O) groups excluding carboxylic acids is 1. The van der Waals surface area contributed by atoms with Gasteiger partial charge in [-0.25, -0.2) is 14.2 Å². The van der Waals surface area contributed by atoms with Gasteiger partial charge in [-0.05, 0) is 54.7 Å². The maximum absolute atomic E-state index is 14.3. The molecular weight excluding hydrogens is 441 g/mol. The van der Waals surface area contributed by atoms with E-state index in [1.54, 1.807) is 6.07 Å². The highest BCUT2D eigenvalue weighted by Gasteiger charge is 2.17. The molecule has 2 N–H and O–H groups in total. The Kier molecular flexibility index (Phi) is 8.13. The summed E-state index contributed by atoms with van der Waals surface area (Å²) in [7, 11) is 0. The average molecular weight is 472 g/mol. The van der Waals surface area contributed by atoms with Crippen LogP contribution in [0.15, 0.2) is 30.3 Å². The molecule has 0 aliphatic heterocycles. The first-order valence-corrected chi connectivity index (χ1v) is 11.7. The molecule has 8 heteroatoms. The van der Waals surface area contributed by atoms with Crippen molar-refractivity contribution < 1.29 is 19.1 Å². The molecule has 0 aliphatic carbocycles. The van der Waals surface area contributed by atoms with Gasteiger partial charge in [0.1, 0.15) is 11.6 Å². The minimum atomic E-state index is -1.29. The fraction of sp³-hybridized carbons (Fsp3) is 0.400. The van der Waals surface area contributed by atoms with Crippen LogP contribution in [0.25, 0.3) is 11.0 Å². The maximum Gasteiger partial charge on any atom is 0.338 e. The Balaban J connectivity index is 1.95. The Morgan fingerprint density at radius 2 is 1.94 bits per heavy atom. The number of carbonyl (C=O) groups is 2. The van der Waals surface area contributed by atoms with Crippen molar-refractivity contribution in [2.24, 2.45) is 0 Å². The number of aromatic nitrogens is 2. The first-order chi connectivity index (χ1) is 15.7. The number of benzene rings is 2. The van der Waals surface area contributed by atoms with Crippen molar-refractivity contribution in [1.82, 2.24) is 14.9 Å². The van der Waals surface area contributed by atoms with E-state index in [2.05, 4.69) is 24.9 Å². The van der Waals surface area contributed by atoms with Crippen molar-refractivity contribution in [1.29, 1.82) is 0 Å². The van der Waals surface area contributed by atoms with Crippen LogP contribution >= 0.6 is 12.6 Å². The Morgan fingerprint density at radius 1 is 1.18 bits per heavy atom. The second-order valence-corrected chi connectivity index (χ2v) is 8.91. The molecule has 33 heavy (non-hydrogen) atoms. The number of nitrogens with one attached hydrogen (secondary N) is 1. The first kappa shape index (κ1) is 24.8. The molecule has 0 radical (unpaired) electrons. The van der Waals surface area contributed by atoms with Crippen molar-refractivity contribution in [2.75, 3.05) is 0 Å². The Morgan fingerprint density at radius 3 is 2.58 bits per heavy atom. The van der Waals surface area contributed by atoms with Gasteiger partial charge in [-0.1, -0.05) is 32.4 Å². The summed E-state index contributed by atoms with van der Waals surface area (Å²) in [6.45, 7) is 6.83. The first-order valence-electron chi connectivity index (χ1n) is 11.2. The van der Waals surface area contributed by atoms with E-state index < -0.39 is 11.8 Å². The molecule has 1 amide bonds. The molecule has 3 rings (SSSR count). The van der Waals surface area contributed by atoms with Crippen molar-refractivity contribution in [3.8, 4) is 0 Å². The minimum absolute atomic E-state index is 0.0906. The number of hydrogen-bond donors (Lipinski definition) is 3. The van der Waals surface area contributed by atoms with Gasteiger partial charge in [-0.3, -0.25) is 4.79 Å². The molecule has 1 heterocycles. The number of nitrogens with zero attached hydrogens (tertiary/aromatic N) is 2. The summed E-state index contributed by atoms with van der Waals surface area (Å²) < 4.78 is 16.3. The zero-order valence-corrected chi connectivity index (χ0v) is 20.1. The van der Waals surface area contributed by atoms with E-state index in [4.69, 9.17) is 10.1 Å². The zero-order chi connectivity index (χ0) is 24.1. The Bertz CT molecular complexity index is 1180. The summed E-state index contributed by atoms with van der Waals surface area (Å²) in [4.78, 5) is 28.2. The summed E-state index contributed by atoms with van der Waals surface area (Å²) in [5.41, 5.74) is 4.03. The number of amides is 1. The molecule has 6 nitrogen and oxygen atoms in total. The van der Waals surface area contributed by atoms with Gasteiger partial charge in [0.15, 0.2) is 0 Å². The van der Waals surface area contributed by atoms with E-state index in [9.17, 15) is 14.0 Å². The second kappa shape index (κ2) is 10.8. The normalized spacial score (nSPS) is 12.2. The van der Waals surface area contributed by atoms with E-state index in [1.165, 1.54) is 12.1 Å². The molecule has 1 aromatic heterocycles. The smallest absolute Gasteiger partial charge is 0.338 e. The van der Waals surface area contributed by atoms with E-state index in [0.717, 1.165) is 53.7 Å². The van der Waals surface area contributed by atoms with Crippen LogP contribution in [0.2, 0.25) is 0 Å². The van der Waals surface area contributed by atoms with E-state index in [1.807, 2.05) is 30.5 Å². The summed E-state index contributed by atoms with van der Waals surface area (Å²) in [6, 6.07) is 8.21. The van der Waals surface area contributed by atoms with Gasteiger partial charge >= 0.3 is 5.97 Å². The summed E-state index contributed by atoms with van der Waals surface area (Å²) >= 11 is 4.36. The van der Waals surface area contributed by atoms with Gasteiger partial charge in [-0.15, -0.1) is 0 Å². The molecule has 0 unspecified atom stereocenters. The molecule has 0 saturated carbocycles. The second-order valence-electron chi connectivity index (χ2n) is 8.29. The Labute approximate surface area is 198 Å². The van der Waals surface area contributed by atoms with Crippen molar-refractivity contribution >= 4 is 35.5 Å². The average Bonchev–Trinajstić information content (AvgIpc) is 3.10. The number of hydrogen-bond acceptors (Lipinski definition) is 4. The maximum atomic E-state index is 14.3. The minimum Gasteiger partial charge on any atom is -0.478 e. The van der Waals surface area contributed by atoms with E-state index in [-0.39, 0.29) is 16.7 Å². The van der Waals surface area contributed by atoms with Crippen LogP contribution in [-0.2, 0) is 24.3 Å². The van der Waals surface area contributed by atoms with Gasteiger partial charge in [0.2, 0.25) is 5.91 Å². The summed E-state index contributed by atoms with van der Waals surface area (Å²) in [5, 5.41) is 11.7. The molecule has 0 saturated heterocycles. The lowest BCUT2D eigenvalue weighted by molar-refractivity contribution is -0.120. The summed E-state index contributed by atoms with van der Waals surface area (Å²) in [6.07, 6.45) is 3.27. The molecule has 0 fully saturated rings. The molecule has 0 spiro atoms. The third-order valence-electron chi connectivity index (χ3n) is 5.59. The van der Waals surface area contributed by atoms with Crippen molar-refractivity contribution in [3.05, 3.63) is 64.2 Å². The highest BCUT2D eigenvalue weighted by molar-refractivity contribution is 7.81. The molecule has 3 aromatic rings. The predicted molar refractivity (Wildman–Crippen MR) is 130 cm³/mol. The van der Waals surface area contributed by atoms with Crippen molar-refractivity contribution in [2.45, 2.75) is 64.8 Å².